The first-order valence-corrected chi connectivity index (χ1v) is 7.45. The van der Waals surface area contributed by atoms with Crippen LogP contribution < -0.4 is 10.6 Å². The Bertz CT molecular complexity index is 593. The lowest BCUT2D eigenvalue weighted by Crippen LogP contribution is -2.37. The van der Waals surface area contributed by atoms with E-state index in [1.54, 1.807) is 6.26 Å². The highest BCUT2D eigenvalue weighted by Gasteiger charge is 2.20. The lowest BCUT2D eigenvalue weighted by Gasteiger charge is -2.25. The molecular weight excluding hydrogens is 264 g/mol. The fourth-order valence-electron chi connectivity index (χ4n) is 2.93. The Morgan fingerprint density at radius 2 is 2.10 bits per heavy atom. The Kier molecular flexibility index (Phi) is 4.24. The van der Waals surface area contributed by atoms with E-state index in [0.29, 0.717) is 19.0 Å². The van der Waals surface area contributed by atoms with Crippen molar-refractivity contribution in [3.63, 3.8) is 0 Å². The smallest absolute Gasteiger partial charge is 0.315 e. The van der Waals surface area contributed by atoms with Gasteiger partial charge in [-0.25, -0.2) is 4.79 Å². The van der Waals surface area contributed by atoms with Gasteiger partial charge in [0.25, 0.3) is 0 Å². The van der Waals surface area contributed by atoms with Crippen LogP contribution in [0.15, 0.2) is 47.1 Å². The number of furan rings is 1. The first kappa shape index (κ1) is 13.7. The second kappa shape index (κ2) is 6.48. The molecule has 0 radical (unpaired) electrons. The summed E-state index contributed by atoms with van der Waals surface area (Å²) in [7, 11) is 0. The molecule has 1 aliphatic carbocycles. The van der Waals surface area contributed by atoms with Crippen molar-refractivity contribution >= 4 is 6.03 Å². The van der Waals surface area contributed by atoms with Crippen molar-refractivity contribution in [3.8, 4) is 0 Å². The molecule has 110 valence electrons. The van der Waals surface area contributed by atoms with Crippen LogP contribution in [-0.2, 0) is 13.0 Å². The summed E-state index contributed by atoms with van der Waals surface area (Å²) in [5.74, 6) is 1.18. The average Bonchev–Trinajstić information content (AvgIpc) is 3.04. The molecule has 1 aliphatic rings. The highest BCUT2D eigenvalue weighted by molar-refractivity contribution is 5.73. The van der Waals surface area contributed by atoms with Crippen LogP contribution in [-0.4, -0.2) is 12.6 Å². The second-order valence-electron chi connectivity index (χ2n) is 5.43. The zero-order chi connectivity index (χ0) is 14.5. The highest BCUT2D eigenvalue weighted by Crippen LogP contribution is 2.30. The Balaban J connectivity index is 1.50. The number of carbonyl (C=O) groups is 1. The van der Waals surface area contributed by atoms with Crippen molar-refractivity contribution in [2.24, 2.45) is 0 Å². The normalized spacial score (nSPS) is 17.0. The van der Waals surface area contributed by atoms with Gasteiger partial charge in [0.05, 0.1) is 12.8 Å². The number of carbonyl (C=O) groups excluding carboxylic acids is 1. The summed E-state index contributed by atoms with van der Waals surface area (Å²) in [5, 5.41) is 5.77. The Labute approximate surface area is 124 Å². The predicted molar refractivity (Wildman–Crippen MR) is 81.1 cm³/mol. The summed E-state index contributed by atoms with van der Waals surface area (Å²) in [4.78, 5) is 11.8. The molecule has 2 amide bonds. The summed E-state index contributed by atoms with van der Waals surface area (Å²) in [6.07, 6.45) is 5.08. The van der Waals surface area contributed by atoms with Gasteiger partial charge in [-0.1, -0.05) is 24.3 Å². The van der Waals surface area contributed by atoms with E-state index >= 15 is 0 Å². The van der Waals surface area contributed by atoms with E-state index in [9.17, 15) is 4.79 Å². The summed E-state index contributed by atoms with van der Waals surface area (Å²) in [6, 6.07) is 12.1. The van der Waals surface area contributed by atoms with Crippen molar-refractivity contribution in [1.82, 2.24) is 10.6 Å². The molecule has 1 unspecified atom stereocenters. The van der Waals surface area contributed by atoms with Crippen LogP contribution in [0.1, 0.15) is 35.6 Å². The molecule has 21 heavy (non-hydrogen) atoms. The van der Waals surface area contributed by atoms with Gasteiger partial charge in [-0.2, -0.15) is 0 Å². The largest absolute Gasteiger partial charge is 0.467 e. The number of benzene rings is 1. The van der Waals surface area contributed by atoms with Crippen LogP contribution in [0.2, 0.25) is 0 Å². The molecule has 1 aromatic heterocycles. The molecule has 0 aliphatic heterocycles. The maximum absolute atomic E-state index is 11.8. The number of amides is 2. The van der Waals surface area contributed by atoms with Crippen molar-refractivity contribution in [3.05, 3.63) is 59.5 Å². The van der Waals surface area contributed by atoms with Crippen LogP contribution in [0.25, 0.3) is 0 Å². The van der Waals surface area contributed by atoms with Gasteiger partial charge in [0, 0.05) is 12.5 Å². The first-order valence-electron chi connectivity index (χ1n) is 7.45. The minimum absolute atomic E-state index is 0.144. The molecule has 4 heteroatoms. The van der Waals surface area contributed by atoms with Gasteiger partial charge in [0.1, 0.15) is 5.76 Å². The summed E-state index contributed by atoms with van der Waals surface area (Å²) < 4.78 is 5.18. The molecule has 0 saturated carbocycles. The number of hydrogen-bond donors (Lipinski definition) is 2. The molecule has 1 atom stereocenters. The molecule has 0 saturated heterocycles. The maximum atomic E-state index is 11.8. The fourth-order valence-corrected chi connectivity index (χ4v) is 2.93. The van der Waals surface area contributed by atoms with Crippen molar-refractivity contribution in [2.45, 2.75) is 31.7 Å². The Hall–Kier alpha value is -2.23. The standard InChI is InChI=1S/C17H20N2O2/c20-17(19-12-15-8-4-10-21-15)18-11-14-7-3-6-13-5-1-2-9-16(13)14/h1-2,4-5,8-10,14H,3,6-7,11-12H2,(H2,18,19,20). The molecule has 1 aromatic carbocycles. The van der Waals surface area contributed by atoms with Gasteiger partial charge in [-0.15, -0.1) is 0 Å². The Morgan fingerprint density at radius 3 is 2.95 bits per heavy atom. The third kappa shape index (κ3) is 3.45. The van der Waals surface area contributed by atoms with Gasteiger partial charge in [0.2, 0.25) is 0 Å². The molecule has 3 rings (SSSR count). The van der Waals surface area contributed by atoms with E-state index in [4.69, 9.17) is 4.42 Å². The minimum atomic E-state index is -0.144. The van der Waals surface area contributed by atoms with Crippen molar-refractivity contribution < 1.29 is 9.21 Å². The number of fused-ring (bicyclic) bond motifs is 1. The van der Waals surface area contributed by atoms with Crippen molar-refractivity contribution in [2.75, 3.05) is 6.54 Å². The van der Waals surface area contributed by atoms with E-state index in [-0.39, 0.29) is 6.03 Å². The maximum Gasteiger partial charge on any atom is 0.315 e. The molecule has 2 aromatic rings. The third-order valence-corrected chi connectivity index (χ3v) is 4.01. The lowest BCUT2D eigenvalue weighted by molar-refractivity contribution is 0.238. The molecule has 4 nitrogen and oxygen atoms in total. The summed E-state index contributed by atoms with van der Waals surface area (Å²) in [6.45, 7) is 1.10. The van der Waals surface area contributed by atoms with Crippen LogP contribution in [0.4, 0.5) is 4.79 Å². The Morgan fingerprint density at radius 1 is 1.19 bits per heavy atom. The van der Waals surface area contributed by atoms with Crippen molar-refractivity contribution in [1.29, 1.82) is 0 Å². The molecule has 0 spiro atoms. The monoisotopic (exact) mass is 284 g/mol. The van der Waals surface area contributed by atoms with Gasteiger partial charge in [0.15, 0.2) is 0 Å². The van der Waals surface area contributed by atoms with Crippen LogP contribution in [0, 0.1) is 0 Å². The van der Waals surface area contributed by atoms with Crippen LogP contribution >= 0.6 is 0 Å². The zero-order valence-electron chi connectivity index (χ0n) is 12.0. The molecular formula is C17H20N2O2. The zero-order valence-corrected chi connectivity index (χ0v) is 12.0. The molecule has 2 N–H and O–H groups in total. The summed E-state index contributed by atoms with van der Waals surface area (Å²) >= 11 is 0. The van der Waals surface area contributed by atoms with E-state index in [1.165, 1.54) is 17.5 Å². The fraction of sp³-hybridized carbons (Fsp3) is 0.353. The molecule has 0 fully saturated rings. The van der Waals surface area contributed by atoms with Gasteiger partial charge in [-0.05, 0) is 42.5 Å². The third-order valence-electron chi connectivity index (χ3n) is 4.01. The van der Waals surface area contributed by atoms with E-state index in [0.717, 1.165) is 18.6 Å². The van der Waals surface area contributed by atoms with E-state index in [2.05, 4.69) is 34.9 Å². The quantitative estimate of drug-likeness (QED) is 0.906. The molecule has 0 bridgehead atoms. The topological polar surface area (TPSA) is 54.3 Å². The SMILES string of the molecule is O=C(NCc1ccco1)NCC1CCCc2ccccc21. The average molecular weight is 284 g/mol. The summed E-state index contributed by atoms with van der Waals surface area (Å²) in [5.41, 5.74) is 2.81. The number of hydrogen-bond acceptors (Lipinski definition) is 2. The van der Waals surface area contributed by atoms with Crippen LogP contribution in [0.5, 0.6) is 0 Å². The van der Waals surface area contributed by atoms with Gasteiger partial charge >= 0.3 is 6.03 Å². The van der Waals surface area contributed by atoms with E-state index < -0.39 is 0 Å². The predicted octanol–water partition coefficient (Wildman–Crippen LogP) is 3.20. The van der Waals surface area contributed by atoms with Crippen LogP contribution in [0.3, 0.4) is 0 Å². The minimum Gasteiger partial charge on any atom is -0.467 e. The number of urea groups is 1. The highest BCUT2D eigenvalue weighted by atomic mass is 16.3. The molecule has 1 heterocycles. The van der Waals surface area contributed by atoms with E-state index in [1.807, 2.05) is 12.1 Å². The number of rotatable bonds is 4. The van der Waals surface area contributed by atoms with Gasteiger partial charge in [-0.3, -0.25) is 0 Å². The second-order valence-corrected chi connectivity index (χ2v) is 5.43. The number of nitrogens with one attached hydrogen (secondary N) is 2. The first-order chi connectivity index (χ1) is 10.3. The number of aryl methyl sites for hydroxylation is 1. The van der Waals surface area contributed by atoms with Gasteiger partial charge < -0.3 is 15.1 Å². The lowest BCUT2D eigenvalue weighted by atomic mass is 9.83.